The Morgan fingerprint density at radius 1 is 1.00 bits per heavy atom. The fourth-order valence-corrected chi connectivity index (χ4v) is 1.49. The average Bonchev–Trinajstić information content (AvgIpc) is 2.34. The van der Waals surface area contributed by atoms with E-state index in [-0.39, 0.29) is 0 Å². The minimum absolute atomic E-state index is 0.647. The lowest BCUT2D eigenvalue weighted by atomic mass is 10.1. The SMILES string of the molecule is COC(=O)c1c(C(F)(F)F)[nH]c(C(F)(F)F)c(OC)c1=O. The molecule has 11 heteroatoms. The van der Waals surface area contributed by atoms with Crippen molar-refractivity contribution < 1.29 is 40.6 Å². The molecule has 0 saturated heterocycles. The van der Waals surface area contributed by atoms with Crippen LogP contribution in [0.5, 0.6) is 5.75 Å². The van der Waals surface area contributed by atoms with Crippen LogP contribution in [0, 0.1) is 0 Å². The van der Waals surface area contributed by atoms with Gasteiger partial charge in [0.25, 0.3) is 0 Å². The van der Waals surface area contributed by atoms with Crippen molar-refractivity contribution >= 4 is 5.97 Å². The van der Waals surface area contributed by atoms with Crippen molar-refractivity contribution in [2.75, 3.05) is 14.2 Å². The summed E-state index contributed by atoms with van der Waals surface area (Å²) in [5.74, 6) is -3.20. The van der Waals surface area contributed by atoms with Gasteiger partial charge in [-0.05, 0) is 0 Å². The number of pyridine rings is 1. The van der Waals surface area contributed by atoms with E-state index in [1.165, 1.54) is 0 Å². The molecule has 1 N–H and O–H groups in total. The summed E-state index contributed by atoms with van der Waals surface area (Å²) in [5.41, 5.74) is -7.69. The zero-order valence-corrected chi connectivity index (χ0v) is 10.4. The van der Waals surface area contributed by atoms with Crippen molar-refractivity contribution in [3.63, 3.8) is 0 Å². The maximum Gasteiger partial charge on any atom is 0.435 e. The van der Waals surface area contributed by atoms with Crippen LogP contribution < -0.4 is 10.2 Å². The van der Waals surface area contributed by atoms with Crippen molar-refractivity contribution in [2.45, 2.75) is 12.4 Å². The summed E-state index contributed by atoms with van der Waals surface area (Å²) in [6, 6.07) is 0. The predicted octanol–water partition coefficient (Wildman–Crippen LogP) is 2.21. The van der Waals surface area contributed by atoms with E-state index < -0.39 is 46.5 Å². The Kier molecular flexibility index (Phi) is 4.25. The number of H-pyrrole nitrogens is 1. The van der Waals surface area contributed by atoms with Gasteiger partial charge in [0.2, 0.25) is 5.43 Å². The van der Waals surface area contributed by atoms with E-state index in [1.54, 1.807) is 0 Å². The third kappa shape index (κ3) is 3.11. The van der Waals surface area contributed by atoms with E-state index in [9.17, 15) is 35.9 Å². The number of aromatic amines is 1. The number of alkyl halides is 6. The number of hydrogen-bond donors (Lipinski definition) is 1. The standard InChI is InChI=1S/C10H7F6NO4/c1-20-5-4(18)3(8(19)21-2)6(9(11,12)13)17-7(5)10(14,15)16/h1-2H3,(H,17,18). The van der Waals surface area contributed by atoms with Crippen LogP contribution in [0.25, 0.3) is 0 Å². The third-order valence-electron chi connectivity index (χ3n) is 2.32. The molecule has 0 saturated carbocycles. The maximum absolute atomic E-state index is 12.7. The van der Waals surface area contributed by atoms with Crippen LogP contribution in [0.15, 0.2) is 4.79 Å². The molecule has 0 fully saturated rings. The van der Waals surface area contributed by atoms with Crippen molar-refractivity contribution in [3.8, 4) is 5.75 Å². The van der Waals surface area contributed by atoms with Gasteiger partial charge in [-0.2, -0.15) is 26.3 Å². The first kappa shape index (κ1) is 16.9. The Hall–Kier alpha value is -2.20. The third-order valence-corrected chi connectivity index (χ3v) is 2.32. The van der Waals surface area contributed by atoms with Crippen molar-refractivity contribution in [3.05, 3.63) is 27.2 Å². The van der Waals surface area contributed by atoms with Crippen molar-refractivity contribution in [1.29, 1.82) is 0 Å². The summed E-state index contributed by atoms with van der Waals surface area (Å²) in [6.45, 7) is 0. The van der Waals surface area contributed by atoms with E-state index in [0.717, 1.165) is 4.98 Å². The van der Waals surface area contributed by atoms with E-state index in [2.05, 4.69) is 9.47 Å². The van der Waals surface area contributed by atoms with Crippen LogP contribution in [0.1, 0.15) is 21.7 Å². The molecule has 1 aromatic heterocycles. The molecule has 0 aliphatic rings. The molecule has 0 aromatic carbocycles. The van der Waals surface area contributed by atoms with Crippen LogP contribution in [0.4, 0.5) is 26.3 Å². The highest BCUT2D eigenvalue weighted by Gasteiger charge is 2.45. The molecule has 0 amide bonds. The quantitative estimate of drug-likeness (QED) is 0.670. The fourth-order valence-electron chi connectivity index (χ4n) is 1.49. The Labute approximate surface area is 112 Å². The molecule has 0 radical (unpaired) electrons. The van der Waals surface area contributed by atoms with Crippen LogP contribution in [-0.2, 0) is 17.1 Å². The molecule has 1 rings (SSSR count). The first-order valence-electron chi connectivity index (χ1n) is 5.02. The molecule has 1 aromatic rings. The Balaban J connectivity index is 3.91. The van der Waals surface area contributed by atoms with Crippen molar-refractivity contribution in [2.24, 2.45) is 0 Å². The minimum Gasteiger partial charge on any atom is -0.491 e. The lowest BCUT2D eigenvalue weighted by Crippen LogP contribution is -2.30. The second kappa shape index (κ2) is 5.30. The molecule has 0 atom stereocenters. The normalized spacial score (nSPS) is 12.2. The lowest BCUT2D eigenvalue weighted by molar-refractivity contribution is -0.151. The highest BCUT2D eigenvalue weighted by atomic mass is 19.4. The van der Waals surface area contributed by atoms with Crippen LogP contribution in [0.2, 0.25) is 0 Å². The van der Waals surface area contributed by atoms with E-state index in [0.29, 0.717) is 14.2 Å². The number of esters is 1. The van der Waals surface area contributed by atoms with E-state index in [4.69, 9.17) is 0 Å². The number of carbonyl (C=O) groups is 1. The molecule has 118 valence electrons. The fraction of sp³-hybridized carbons (Fsp3) is 0.400. The first-order chi connectivity index (χ1) is 9.45. The number of aromatic nitrogens is 1. The van der Waals surface area contributed by atoms with Crippen molar-refractivity contribution in [1.82, 2.24) is 4.98 Å². The molecule has 21 heavy (non-hydrogen) atoms. The van der Waals surface area contributed by atoms with Crippen LogP contribution >= 0.6 is 0 Å². The van der Waals surface area contributed by atoms with E-state index in [1.807, 2.05) is 0 Å². The van der Waals surface area contributed by atoms with Gasteiger partial charge in [0.05, 0.1) is 14.2 Å². The number of rotatable bonds is 2. The van der Waals surface area contributed by atoms with Gasteiger partial charge in [-0.1, -0.05) is 0 Å². The Morgan fingerprint density at radius 2 is 1.48 bits per heavy atom. The van der Waals surface area contributed by atoms with Gasteiger partial charge in [0.15, 0.2) is 11.4 Å². The molecule has 0 aliphatic carbocycles. The molecule has 0 spiro atoms. The Morgan fingerprint density at radius 3 is 1.81 bits per heavy atom. The zero-order chi connectivity index (χ0) is 16.6. The smallest absolute Gasteiger partial charge is 0.435 e. The Bertz CT molecular complexity index is 616. The topological polar surface area (TPSA) is 68.4 Å². The van der Waals surface area contributed by atoms with Gasteiger partial charge in [-0.3, -0.25) is 4.79 Å². The number of hydrogen-bond acceptors (Lipinski definition) is 4. The number of carbonyl (C=O) groups excluding carboxylic acids is 1. The minimum atomic E-state index is -5.41. The number of nitrogens with one attached hydrogen (secondary N) is 1. The highest BCUT2D eigenvalue weighted by Crippen LogP contribution is 2.37. The summed E-state index contributed by atoms with van der Waals surface area (Å²) in [5, 5.41) is 0. The molecular weight excluding hydrogens is 312 g/mol. The average molecular weight is 319 g/mol. The molecule has 1 heterocycles. The molecule has 0 aliphatic heterocycles. The number of halogens is 6. The van der Waals surface area contributed by atoms with Gasteiger partial charge in [0.1, 0.15) is 11.3 Å². The molecular formula is C10H7F6NO4. The van der Waals surface area contributed by atoms with Crippen LogP contribution in [0.3, 0.4) is 0 Å². The van der Waals surface area contributed by atoms with Crippen LogP contribution in [-0.4, -0.2) is 25.2 Å². The maximum atomic E-state index is 12.7. The molecule has 5 nitrogen and oxygen atoms in total. The largest absolute Gasteiger partial charge is 0.491 e. The number of methoxy groups -OCH3 is 2. The van der Waals surface area contributed by atoms with E-state index >= 15 is 0 Å². The van der Waals surface area contributed by atoms with Gasteiger partial charge < -0.3 is 14.5 Å². The summed E-state index contributed by atoms with van der Waals surface area (Å²) in [7, 11) is 1.32. The highest BCUT2D eigenvalue weighted by molar-refractivity contribution is 5.91. The number of ether oxygens (including phenoxy) is 2. The zero-order valence-electron chi connectivity index (χ0n) is 10.4. The lowest BCUT2D eigenvalue weighted by Gasteiger charge is -2.17. The second-order valence-electron chi connectivity index (χ2n) is 3.60. The summed E-state index contributed by atoms with van der Waals surface area (Å²) >= 11 is 0. The molecule has 0 bridgehead atoms. The van der Waals surface area contributed by atoms with Gasteiger partial charge >= 0.3 is 18.3 Å². The predicted molar refractivity (Wildman–Crippen MR) is 55.0 cm³/mol. The molecule has 0 unspecified atom stereocenters. The van der Waals surface area contributed by atoms with Gasteiger partial charge in [-0.25, -0.2) is 4.79 Å². The summed E-state index contributed by atoms with van der Waals surface area (Å²) in [4.78, 5) is 23.9. The van der Waals surface area contributed by atoms with Gasteiger partial charge in [0, 0.05) is 0 Å². The second-order valence-corrected chi connectivity index (χ2v) is 3.60. The summed E-state index contributed by atoms with van der Waals surface area (Å²) < 4.78 is 84.4. The summed E-state index contributed by atoms with van der Waals surface area (Å²) in [6.07, 6.45) is -10.7. The first-order valence-corrected chi connectivity index (χ1v) is 5.02. The van der Waals surface area contributed by atoms with Gasteiger partial charge in [-0.15, -0.1) is 0 Å². The monoisotopic (exact) mass is 319 g/mol.